The zero-order chi connectivity index (χ0) is 22.2. The highest BCUT2D eigenvalue weighted by atomic mass is 32.2. The number of hydrogen-bond acceptors (Lipinski definition) is 7. The summed E-state index contributed by atoms with van der Waals surface area (Å²) in [5.74, 6) is 1.21. The van der Waals surface area contributed by atoms with Crippen molar-refractivity contribution in [2.45, 2.75) is 35.3 Å². The van der Waals surface area contributed by atoms with Crippen molar-refractivity contribution in [2.24, 2.45) is 0 Å². The Morgan fingerprint density at radius 3 is 2.55 bits per heavy atom. The van der Waals surface area contributed by atoms with Crippen molar-refractivity contribution in [3.63, 3.8) is 0 Å². The van der Waals surface area contributed by atoms with E-state index in [1.165, 1.54) is 34.2 Å². The lowest BCUT2D eigenvalue weighted by Gasteiger charge is -2.08. The Morgan fingerprint density at radius 1 is 0.939 bits per heavy atom. The van der Waals surface area contributed by atoms with E-state index in [0.29, 0.717) is 11.3 Å². The average Bonchev–Trinajstić information content (AvgIpc) is 3.56. The highest BCUT2D eigenvalue weighted by Crippen LogP contribution is 2.40. The lowest BCUT2D eigenvalue weighted by Crippen LogP contribution is -2.04. The number of ketones is 1. The molecule has 0 atom stereocenters. The monoisotopic (exact) mass is 488 g/mol. The smallest absolute Gasteiger partial charge is 0.198 e. The van der Waals surface area contributed by atoms with Crippen molar-refractivity contribution < 1.29 is 4.79 Å². The standard InChI is InChI=1S/C25H20N4OS3/c30-19(17-10-5-2-6-11-17)15-32-25-28-27-22-21-18-12-7-13-20(18)33-23(21)26-24(29(22)25)31-14-16-8-3-1-4-9-16/h1-6,8-11H,7,12-15H2. The van der Waals surface area contributed by atoms with Crippen molar-refractivity contribution in [3.8, 4) is 0 Å². The molecular formula is C25H20N4OS3. The summed E-state index contributed by atoms with van der Waals surface area (Å²) in [6.45, 7) is 0. The lowest BCUT2D eigenvalue weighted by molar-refractivity contribution is 0.102. The summed E-state index contributed by atoms with van der Waals surface area (Å²) in [7, 11) is 0. The fraction of sp³-hybridized carbons (Fsp3) is 0.200. The maximum atomic E-state index is 12.7. The molecule has 0 N–H and O–H groups in total. The first-order valence-corrected chi connectivity index (χ1v) is 13.6. The summed E-state index contributed by atoms with van der Waals surface area (Å²) >= 11 is 4.91. The second-order valence-electron chi connectivity index (χ2n) is 7.93. The molecule has 8 heteroatoms. The molecule has 0 spiro atoms. The van der Waals surface area contributed by atoms with Crippen LogP contribution in [-0.4, -0.2) is 31.1 Å². The van der Waals surface area contributed by atoms with Gasteiger partial charge in [0, 0.05) is 16.2 Å². The van der Waals surface area contributed by atoms with Crippen LogP contribution in [0.3, 0.4) is 0 Å². The van der Waals surface area contributed by atoms with Crippen LogP contribution in [0.15, 0.2) is 71.0 Å². The van der Waals surface area contributed by atoms with E-state index in [4.69, 9.17) is 4.98 Å². The van der Waals surface area contributed by atoms with Crippen LogP contribution >= 0.6 is 34.9 Å². The second kappa shape index (κ2) is 8.93. The number of carbonyl (C=O) groups is 1. The number of aromatic nitrogens is 4. The van der Waals surface area contributed by atoms with E-state index in [0.717, 1.165) is 44.8 Å². The van der Waals surface area contributed by atoms with Crippen LogP contribution in [0.1, 0.15) is 32.8 Å². The number of thioether (sulfide) groups is 2. The largest absolute Gasteiger partial charge is 0.293 e. The van der Waals surface area contributed by atoms with Crippen molar-refractivity contribution >= 4 is 56.5 Å². The van der Waals surface area contributed by atoms with Gasteiger partial charge in [0.2, 0.25) is 0 Å². The molecule has 0 saturated carbocycles. The van der Waals surface area contributed by atoms with Gasteiger partial charge >= 0.3 is 0 Å². The summed E-state index contributed by atoms with van der Waals surface area (Å²) < 4.78 is 2.06. The zero-order valence-corrected chi connectivity index (χ0v) is 20.2. The maximum Gasteiger partial charge on any atom is 0.198 e. The van der Waals surface area contributed by atoms with Crippen molar-refractivity contribution in [1.82, 2.24) is 19.6 Å². The quantitative estimate of drug-likeness (QED) is 0.157. The Bertz CT molecular complexity index is 1460. The number of nitrogens with zero attached hydrogens (tertiary/aromatic N) is 4. The number of thiophene rings is 1. The van der Waals surface area contributed by atoms with Gasteiger partial charge in [0.15, 0.2) is 21.7 Å². The minimum Gasteiger partial charge on any atom is -0.293 e. The Kier molecular flexibility index (Phi) is 5.65. The average molecular weight is 489 g/mol. The molecule has 0 radical (unpaired) electrons. The van der Waals surface area contributed by atoms with Gasteiger partial charge in [0.05, 0.1) is 11.1 Å². The number of Topliss-reactive ketones (excluding diaryl/α,β-unsaturated/α-hetero) is 1. The van der Waals surface area contributed by atoms with Crippen LogP contribution in [-0.2, 0) is 18.6 Å². The fourth-order valence-electron chi connectivity index (χ4n) is 4.19. The summed E-state index contributed by atoms with van der Waals surface area (Å²) in [6, 6.07) is 19.8. The van der Waals surface area contributed by atoms with E-state index in [1.807, 2.05) is 36.4 Å². The Labute approximate surface area is 203 Å². The summed E-state index contributed by atoms with van der Waals surface area (Å²) in [5.41, 5.74) is 4.21. The SMILES string of the molecule is O=C(CSc1nnc2c3c4c(sc3nc(SCc3ccccc3)n12)CCC4)c1ccccc1. The third-order valence-corrected chi connectivity index (χ3v) is 8.91. The molecule has 6 rings (SSSR count). The highest BCUT2D eigenvalue weighted by molar-refractivity contribution is 8.00. The number of fused-ring (bicyclic) bond motifs is 5. The summed E-state index contributed by atoms with van der Waals surface area (Å²) in [4.78, 5) is 20.2. The molecule has 0 bridgehead atoms. The van der Waals surface area contributed by atoms with E-state index in [2.05, 4.69) is 38.9 Å². The van der Waals surface area contributed by atoms with Crippen molar-refractivity contribution in [3.05, 3.63) is 82.2 Å². The van der Waals surface area contributed by atoms with Crippen LogP contribution in [0.25, 0.3) is 15.9 Å². The molecule has 0 aliphatic heterocycles. The highest BCUT2D eigenvalue weighted by Gasteiger charge is 2.25. The summed E-state index contributed by atoms with van der Waals surface area (Å²) in [6.07, 6.45) is 3.39. The molecule has 0 unspecified atom stereocenters. The minimum absolute atomic E-state index is 0.0845. The molecule has 3 heterocycles. The molecule has 0 saturated heterocycles. The van der Waals surface area contributed by atoms with Gasteiger partial charge in [-0.25, -0.2) is 9.38 Å². The van der Waals surface area contributed by atoms with Gasteiger partial charge in [-0.1, -0.05) is 84.2 Å². The predicted molar refractivity (Wildman–Crippen MR) is 136 cm³/mol. The van der Waals surface area contributed by atoms with Crippen LogP contribution < -0.4 is 0 Å². The normalized spacial score (nSPS) is 13.1. The number of benzene rings is 2. The third kappa shape index (κ3) is 3.96. The van der Waals surface area contributed by atoms with Gasteiger partial charge in [0.1, 0.15) is 4.83 Å². The maximum absolute atomic E-state index is 12.7. The number of carbonyl (C=O) groups excluding carboxylic acids is 1. The molecule has 1 aliphatic rings. The molecule has 0 amide bonds. The first-order chi connectivity index (χ1) is 16.3. The number of hydrogen-bond donors (Lipinski definition) is 0. The van der Waals surface area contributed by atoms with Crippen LogP contribution in [0.4, 0.5) is 0 Å². The second-order valence-corrected chi connectivity index (χ2v) is 10.9. The van der Waals surface area contributed by atoms with Gasteiger partial charge in [-0.05, 0) is 30.4 Å². The van der Waals surface area contributed by atoms with Crippen LogP contribution in [0, 0.1) is 0 Å². The summed E-state index contributed by atoms with van der Waals surface area (Å²) in [5, 5.41) is 11.8. The van der Waals surface area contributed by atoms with Gasteiger partial charge in [-0.15, -0.1) is 21.5 Å². The fourth-order valence-corrected chi connectivity index (χ4v) is 7.34. The third-order valence-electron chi connectivity index (χ3n) is 5.79. The molecule has 2 aromatic carbocycles. The minimum atomic E-state index is 0.0845. The molecule has 1 aliphatic carbocycles. The molecular weight excluding hydrogens is 469 g/mol. The Balaban J connectivity index is 1.39. The van der Waals surface area contributed by atoms with Gasteiger partial charge in [0.25, 0.3) is 0 Å². The van der Waals surface area contributed by atoms with Gasteiger partial charge in [-0.2, -0.15) is 0 Å². The van der Waals surface area contributed by atoms with Crippen molar-refractivity contribution in [1.29, 1.82) is 0 Å². The number of aryl methyl sites for hydroxylation is 2. The van der Waals surface area contributed by atoms with E-state index >= 15 is 0 Å². The Morgan fingerprint density at radius 2 is 1.73 bits per heavy atom. The van der Waals surface area contributed by atoms with Gasteiger partial charge in [-0.3, -0.25) is 4.79 Å². The van der Waals surface area contributed by atoms with Crippen LogP contribution in [0.5, 0.6) is 0 Å². The van der Waals surface area contributed by atoms with E-state index in [-0.39, 0.29) is 5.78 Å². The first kappa shape index (κ1) is 20.9. The molecule has 33 heavy (non-hydrogen) atoms. The topological polar surface area (TPSA) is 60.2 Å². The molecule has 3 aromatic heterocycles. The van der Waals surface area contributed by atoms with E-state index < -0.39 is 0 Å². The zero-order valence-electron chi connectivity index (χ0n) is 17.7. The molecule has 5 aromatic rings. The van der Waals surface area contributed by atoms with Gasteiger partial charge < -0.3 is 0 Å². The molecule has 5 nitrogen and oxygen atoms in total. The lowest BCUT2D eigenvalue weighted by atomic mass is 10.2. The van der Waals surface area contributed by atoms with Crippen molar-refractivity contribution in [2.75, 3.05) is 5.75 Å². The van der Waals surface area contributed by atoms with E-state index in [1.54, 1.807) is 23.1 Å². The first-order valence-electron chi connectivity index (χ1n) is 10.8. The molecule has 164 valence electrons. The predicted octanol–water partition coefficient (Wildman–Crippen LogP) is 6.10. The van der Waals surface area contributed by atoms with E-state index in [9.17, 15) is 4.79 Å². The Hall–Kier alpha value is -2.68. The van der Waals surface area contributed by atoms with Crippen LogP contribution in [0.2, 0.25) is 0 Å². The molecule has 0 fully saturated rings. The number of rotatable bonds is 7.